The van der Waals surface area contributed by atoms with Gasteiger partial charge >= 0.3 is 0 Å². The Labute approximate surface area is 166 Å². The van der Waals surface area contributed by atoms with Gasteiger partial charge in [0.25, 0.3) is 0 Å². The number of aliphatic hydroxyl groups excluding tert-OH is 1. The summed E-state index contributed by atoms with van der Waals surface area (Å²) in [5.74, 6) is 0.884. The van der Waals surface area contributed by atoms with Crippen molar-refractivity contribution in [1.82, 2.24) is 4.90 Å². The van der Waals surface area contributed by atoms with Gasteiger partial charge in [0.2, 0.25) is 0 Å². The van der Waals surface area contributed by atoms with Crippen molar-refractivity contribution in [2.24, 2.45) is 5.92 Å². The van der Waals surface area contributed by atoms with Gasteiger partial charge < -0.3 is 15.1 Å². The lowest BCUT2D eigenvalue weighted by molar-refractivity contribution is 0.0695. The minimum absolute atomic E-state index is 0.101. The van der Waals surface area contributed by atoms with E-state index in [2.05, 4.69) is 30.9 Å². The molecule has 2 N–H and O–H groups in total. The van der Waals surface area contributed by atoms with Crippen LogP contribution in [0.3, 0.4) is 0 Å². The zero-order chi connectivity index (χ0) is 19.5. The smallest absolute Gasteiger partial charge is 0.115 e. The van der Waals surface area contributed by atoms with E-state index in [4.69, 9.17) is 0 Å². The van der Waals surface area contributed by atoms with E-state index in [0.717, 1.165) is 32.4 Å². The predicted octanol–water partition coefficient (Wildman–Crippen LogP) is 5.54. The molecule has 0 heterocycles. The highest BCUT2D eigenvalue weighted by Crippen LogP contribution is 2.28. The van der Waals surface area contributed by atoms with E-state index < -0.39 is 0 Å². The second-order valence-corrected chi connectivity index (χ2v) is 8.46. The van der Waals surface area contributed by atoms with Crippen LogP contribution in [0.25, 0.3) is 0 Å². The van der Waals surface area contributed by atoms with E-state index in [1.165, 1.54) is 56.9 Å². The molecule has 1 fully saturated rings. The van der Waals surface area contributed by atoms with Crippen LogP contribution >= 0.6 is 0 Å². The quantitative estimate of drug-likeness (QED) is 0.504. The van der Waals surface area contributed by atoms with E-state index in [-0.39, 0.29) is 6.10 Å². The first-order chi connectivity index (χ1) is 13.1. The molecule has 1 aromatic carbocycles. The lowest BCUT2D eigenvalue weighted by atomic mass is 9.84. The molecular formula is C24H41NO2. The van der Waals surface area contributed by atoms with Gasteiger partial charge in [-0.15, -0.1) is 0 Å². The zero-order valence-electron chi connectivity index (χ0n) is 17.6. The summed E-state index contributed by atoms with van der Waals surface area (Å²) < 4.78 is 0. The molecule has 0 aromatic heterocycles. The molecule has 0 amide bonds. The topological polar surface area (TPSA) is 43.7 Å². The van der Waals surface area contributed by atoms with Gasteiger partial charge in [-0.2, -0.15) is 0 Å². The number of aromatic hydroxyl groups is 1. The molecule has 0 saturated heterocycles. The Kier molecular flexibility index (Phi) is 10.2. The summed E-state index contributed by atoms with van der Waals surface area (Å²) in [5, 5.41) is 20.1. The standard InChI is InChI=1S/C24H41NO2/c1-3-9-22(19-20-13-15-23(26)16-14-20)25(17-4-2)18-8-12-24(27)21-10-6-5-7-11-21/h13-16,21-22,24,26-27H,3-12,17-19H2,1-2H3. The fraction of sp³-hybridized carbons (Fsp3) is 0.750. The molecule has 27 heavy (non-hydrogen) atoms. The molecule has 1 saturated carbocycles. The van der Waals surface area contributed by atoms with E-state index in [9.17, 15) is 10.2 Å². The molecule has 0 radical (unpaired) electrons. The Balaban J connectivity index is 1.87. The van der Waals surface area contributed by atoms with Crippen molar-refractivity contribution in [1.29, 1.82) is 0 Å². The zero-order valence-corrected chi connectivity index (χ0v) is 17.6. The maximum absolute atomic E-state index is 10.6. The molecule has 0 bridgehead atoms. The van der Waals surface area contributed by atoms with Crippen molar-refractivity contribution in [3.05, 3.63) is 29.8 Å². The van der Waals surface area contributed by atoms with Crippen molar-refractivity contribution in [3.8, 4) is 5.75 Å². The van der Waals surface area contributed by atoms with Crippen molar-refractivity contribution >= 4 is 0 Å². The number of hydrogen-bond acceptors (Lipinski definition) is 3. The highest BCUT2D eigenvalue weighted by molar-refractivity contribution is 5.26. The first-order valence-electron chi connectivity index (χ1n) is 11.3. The van der Waals surface area contributed by atoms with Crippen LogP contribution in [-0.4, -0.2) is 40.3 Å². The molecule has 0 spiro atoms. The Bertz CT molecular complexity index is 496. The highest BCUT2D eigenvalue weighted by atomic mass is 16.3. The van der Waals surface area contributed by atoms with Crippen molar-refractivity contribution in [3.63, 3.8) is 0 Å². The molecule has 3 nitrogen and oxygen atoms in total. The molecule has 1 aliphatic carbocycles. The lowest BCUT2D eigenvalue weighted by Gasteiger charge is -2.33. The molecule has 3 heteroatoms. The molecular weight excluding hydrogens is 334 g/mol. The van der Waals surface area contributed by atoms with Crippen molar-refractivity contribution < 1.29 is 10.2 Å². The van der Waals surface area contributed by atoms with Gasteiger partial charge in [-0.05, 0) is 81.6 Å². The molecule has 0 aliphatic heterocycles. The van der Waals surface area contributed by atoms with Crippen LogP contribution in [-0.2, 0) is 6.42 Å². The van der Waals surface area contributed by atoms with Crippen molar-refractivity contribution in [2.45, 2.75) is 96.6 Å². The fourth-order valence-electron chi connectivity index (χ4n) is 4.67. The average molecular weight is 376 g/mol. The Hall–Kier alpha value is -1.06. The maximum Gasteiger partial charge on any atom is 0.115 e. The first-order valence-corrected chi connectivity index (χ1v) is 11.3. The molecule has 2 atom stereocenters. The number of phenolic OH excluding ortho intramolecular Hbond substituents is 1. The van der Waals surface area contributed by atoms with Crippen LogP contribution in [0.15, 0.2) is 24.3 Å². The summed E-state index contributed by atoms with van der Waals surface area (Å²) in [4.78, 5) is 2.64. The van der Waals surface area contributed by atoms with Gasteiger partial charge in [-0.3, -0.25) is 0 Å². The van der Waals surface area contributed by atoms with Crippen LogP contribution in [0.2, 0.25) is 0 Å². The number of aliphatic hydroxyl groups is 1. The third kappa shape index (κ3) is 7.83. The molecule has 1 aliphatic rings. The predicted molar refractivity (Wildman–Crippen MR) is 114 cm³/mol. The first kappa shape index (κ1) is 22.2. The van der Waals surface area contributed by atoms with Crippen LogP contribution in [0.5, 0.6) is 5.75 Å². The third-order valence-electron chi connectivity index (χ3n) is 6.20. The normalized spacial score (nSPS) is 17.9. The van der Waals surface area contributed by atoms with Crippen LogP contribution in [0.1, 0.15) is 83.6 Å². The SMILES string of the molecule is CCCC(Cc1ccc(O)cc1)N(CCC)CCCC(O)C1CCCCC1. The second kappa shape index (κ2) is 12.4. The van der Waals surface area contributed by atoms with E-state index in [0.29, 0.717) is 17.7 Å². The van der Waals surface area contributed by atoms with E-state index in [1.54, 1.807) is 12.1 Å². The monoisotopic (exact) mass is 375 g/mol. The highest BCUT2D eigenvalue weighted by Gasteiger charge is 2.22. The number of hydrogen-bond donors (Lipinski definition) is 2. The average Bonchev–Trinajstić information content (AvgIpc) is 2.69. The number of nitrogens with zero attached hydrogens (tertiary/aromatic N) is 1. The summed E-state index contributed by atoms with van der Waals surface area (Å²) >= 11 is 0. The van der Waals surface area contributed by atoms with Crippen LogP contribution < -0.4 is 0 Å². The van der Waals surface area contributed by atoms with Gasteiger partial charge in [-0.1, -0.05) is 51.7 Å². The lowest BCUT2D eigenvalue weighted by Crippen LogP contribution is -2.38. The van der Waals surface area contributed by atoms with Crippen molar-refractivity contribution in [2.75, 3.05) is 13.1 Å². The summed E-state index contributed by atoms with van der Waals surface area (Å²) in [5.41, 5.74) is 1.30. The number of benzene rings is 1. The van der Waals surface area contributed by atoms with Crippen LogP contribution in [0, 0.1) is 5.92 Å². The maximum atomic E-state index is 10.6. The summed E-state index contributed by atoms with van der Waals surface area (Å²) in [6.07, 6.45) is 12.9. The minimum atomic E-state index is -0.101. The minimum Gasteiger partial charge on any atom is -0.508 e. The molecule has 2 rings (SSSR count). The van der Waals surface area contributed by atoms with E-state index >= 15 is 0 Å². The second-order valence-electron chi connectivity index (χ2n) is 8.46. The summed E-state index contributed by atoms with van der Waals surface area (Å²) in [6, 6.07) is 8.24. The molecule has 2 unspecified atom stereocenters. The molecule has 154 valence electrons. The summed E-state index contributed by atoms with van der Waals surface area (Å²) in [6.45, 7) is 6.73. The fourth-order valence-corrected chi connectivity index (χ4v) is 4.67. The largest absolute Gasteiger partial charge is 0.508 e. The van der Waals surface area contributed by atoms with Gasteiger partial charge in [0.15, 0.2) is 0 Å². The van der Waals surface area contributed by atoms with Gasteiger partial charge in [0, 0.05) is 6.04 Å². The van der Waals surface area contributed by atoms with Gasteiger partial charge in [0.1, 0.15) is 5.75 Å². The Morgan fingerprint density at radius 2 is 1.67 bits per heavy atom. The summed E-state index contributed by atoms with van der Waals surface area (Å²) in [7, 11) is 0. The Morgan fingerprint density at radius 3 is 2.30 bits per heavy atom. The van der Waals surface area contributed by atoms with Gasteiger partial charge in [0.05, 0.1) is 6.10 Å². The molecule has 1 aromatic rings. The van der Waals surface area contributed by atoms with E-state index in [1.807, 2.05) is 0 Å². The number of phenols is 1. The van der Waals surface area contributed by atoms with Crippen LogP contribution in [0.4, 0.5) is 0 Å². The third-order valence-corrected chi connectivity index (χ3v) is 6.20. The number of rotatable bonds is 12. The van der Waals surface area contributed by atoms with Gasteiger partial charge in [-0.25, -0.2) is 0 Å². The Morgan fingerprint density at radius 1 is 0.963 bits per heavy atom.